The number of rotatable bonds is 5. The number of hydrogen-bond acceptors (Lipinski definition) is 3. The lowest BCUT2D eigenvalue weighted by molar-refractivity contribution is 0.0785. The molecule has 0 saturated heterocycles. The Bertz CT molecular complexity index is 431. The first-order chi connectivity index (χ1) is 7.97. The summed E-state index contributed by atoms with van der Waals surface area (Å²) in [5.41, 5.74) is 6.41. The minimum absolute atomic E-state index is 0.0947. The van der Waals surface area contributed by atoms with E-state index in [1.165, 1.54) is 11.3 Å². The van der Waals surface area contributed by atoms with Gasteiger partial charge in [-0.2, -0.15) is 0 Å². The Labute approximate surface area is 116 Å². The standard InChI is InChI=1S/C11H15ClN2OS2/c1-3-4-14(5-8(13)16)11(15)10-9(12)7(2)6-17-10/h6H,3-5H2,1-2H3,(H2,13,16). The van der Waals surface area contributed by atoms with Crippen molar-refractivity contribution in [1.29, 1.82) is 0 Å². The summed E-state index contributed by atoms with van der Waals surface area (Å²) in [6, 6.07) is 0. The SMILES string of the molecule is CCCN(CC(N)=S)C(=O)c1scc(C)c1Cl. The van der Waals surface area contributed by atoms with Crippen molar-refractivity contribution in [2.24, 2.45) is 5.73 Å². The highest BCUT2D eigenvalue weighted by atomic mass is 35.5. The molecule has 6 heteroatoms. The maximum Gasteiger partial charge on any atom is 0.265 e. The van der Waals surface area contributed by atoms with E-state index >= 15 is 0 Å². The van der Waals surface area contributed by atoms with E-state index in [4.69, 9.17) is 29.6 Å². The summed E-state index contributed by atoms with van der Waals surface area (Å²) >= 11 is 12.3. The number of nitrogens with two attached hydrogens (primary N) is 1. The summed E-state index contributed by atoms with van der Waals surface area (Å²) < 4.78 is 0. The molecule has 0 atom stereocenters. The Hall–Kier alpha value is -0.650. The number of carbonyl (C=O) groups excluding carboxylic acids is 1. The third-order valence-electron chi connectivity index (χ3n) is 2.22. The Balaban J connectivity index is 2.91. The van der Waals surface area contributed by atoms with Crippen molar-refractivity contribution < 1.29 is 4.79 Å². The number of amides is 1. The minimum Gasteiger partial charge on any atom is -0.392 e. The number of hydrogen-bond donors (Lipinski definition) is 1. The van der Waals surface area contributed by atoms with Crippen LogP contribution in [0.4, 0.5) is 0 Å². The minimum atomic E-state index is -0.0947. The van der Waals surface area contributed by atoms with Gasteiger partial charge in [-0.25, -0.2) is 0 Å². The van der Waals surface area contributed by atoms with Gasteiger partial charge in [0.25, 0.3) is 5.91 Å². The van der Waals surface area contributed by atoms with Crippen molar-refractivity contribution in [2.75, 3.05) is 13.1 Å². The van der Waals surface area contributed by atoms with Gasteiger partial charge >= 0.3 is 0 Å². The topological polar surface area (TPSA) is 46.3 Å². The number of thiophene rings is 1. The maximum absolute atomic E-state index is 12.2. The zero-order valence-electron chi connectivity index (χ0n) is 9.83. The lowest BCUT2D eigenvalue weighted by atomic mass is 10.3. The zero-order valence-corrected chi connectivity index (χ0v) is 12.2. The Morgan fingerprint density at radius 3 is 2.71 bits per heavy atom. The van der Waals surface area contributed by atoms with Crippen molar-refractivity contribution in [3.8, 4) is 0 Å². The second kappa shape index (κ2) is 6.33. The van der Waals surface area contributed by atoms with Crippen LogP contribution in [0, 0.1) is 6.92 Å². The quantitative estimate of drug-likeness (QED) is 0.848. The normalized spacial score (nSPS) is 10.3. The fourth-order valence-corrected chi connectivity index (χ4v) is 2.82. The van der Waals surface area contributed by atoms with Crippen molar-refractivity contribution in [1.82, 2.24) is 4.90 Å². The van der Waals surface area contributed by atoms with Crippen molar-refractivity contribution in [3.63, 3.8) is 0 Å². The highest BCUT2D eigenvalue weighted by molar-refractivity contribution is 7.80. The molecule has 94 valence electrons. The van der Waals surface area contributed by atoms with Crippen LogP contribution >= 0.6 is 35.2 Å². The zero-order chi connectivity index (χ0) is 13.0. The summed E-state index contributed by atoms with van der Waals surface area (Å²) in [6.07, 6.45) is 0.857. The van der Waals surface area contributed by atoms with Crippen molar-refractivity contribution in [3.05, 3.63) is 20.8 Å². The van der Waals surface area contributed by atoms with E-state index in [2.05, 4.69) is 0 Å². The average molecular weight is 291 g/mol. The highest BCUT2D eigenvalue weighted by Crippen LogP contribution is 2.28. The maximum atomic E-state index is 12.2. The molecular formula is C11H15ClN2OS2. The van der Waals surface area contributed by atoms with Crippen LogP contribution < -0.4 is 5.73 Å². The van der Waals surface area contributed by atoms with Gasteiger partial charge in [-0.15, -0.1) is 11.3 Å². The molecule has 1 heterocycles. The van der Waals surface area contributed by atoms with E-state index in [0.29, 0.717) is 28.0 Å². The van der Waals surface area contributed by atoms with Gasteiger partial charge < -0.3 is 10.6 Å². The second-order valence-electron chi connectivity index (χ2n) is 3.75. The second-order valence-corrected chi connectivity index (χ2v) is 5.54. The number of aryl methyl sites for hydroxylation is 1. The first-order valence-corrected chi connectivity index (χ1v) is 6.95. The highest BCUT2D eigenvalue weighted by Gasteiger charge is 2.20. The fraction of sp³-hybridized carbons (Fsp3) is 0.455. The third-order valence-corrected chi connectivity index (χ3v) is 4.03. The molecule has 0 bridgehead atoms. The molecule has 0 saturated carbocycles. The van der Waals surface area contributed by atoms with Gasteiger partial charge in [0.1, 0.15) is 4.88 Å². The van der Waals surface area contributed by atoms with Crippen LogP contribution in [0.2, 0.25) is 5.02 Å². The van der Waals surface area contributed by atoms with Crippen LogP contribution in [0.25, 0.3) is 0 Å². The molecule has 0 unspecified atom stereocenters. The number of carbonyl (C=O) groups is 1. The molecule has 1 aromatic heterocycles. The monoisotopic (exact) mass is 290 g/mol. The van der Waals surface area contributed by atoms with E-state index in [9.17, 15) is 4.79 Å². The molecule has 1 amide bonds. The van der Waals surface area contributed by atoms with Crippen LogP contribution in [-0.4, -0.2) is 28.9 Å². The van der Waals surface area contributed by atoms with Crippen molar-refractivity contribution >= 4 is 46.1 Å². The summed E-state index contributed by atoms with van der Waals surface area (Å²) in [5, 5.41) is 2.41. The Morgan fingerprint density at radius 2 is 2.29 bits per heavy atom. The molecule has 0 radical (unpaired) electrons. The van der Waals surface area contributed by atoms with Gasteiger partial charge in [0, 0.05) is 6.54 Å². The van der Waals surface area contributed by atoms with Crippen LogP contribution in [0.15, 0.2) is 5.38 Å². The summed E-state index contributed by atoms with van der Waals surface area (Å²) in [6.45, 7) is 4.81. The predicted octanol–water partition coefficient (Wildman–Crippen LogP) is 2.85. The summed E-state index contributed by atoms with van der Waals surface area (Å²) in [7, 11) is 0. The number of halogens is 1. The van der Waals surface area contributed by atoms with Gasteiger partial charge in [-0.05, 0) is 24.3 Å². The van der Waals surface area contributed by atoms with Gasteiger partial charge in [0.15, 0.2) is 0 Å². The number of thiocarbonyl (C=S) groups is 1. The van der Waals surface area contributed by atoms with E-state index in [0.717, 1.165) is 12.0 Å². The first-order valence-electron chi connectivity index (χ1n) is 5.28. The van der Waals surface area contributed by atoms with Crippen LogP contribution in [0.3, 0.4) is 0 Å². The van der Waals surface area contributed by atoms with Gasteiger partial charge in [-0.1, -0.05) is 30.7 Å². The summed E-state index contributed by atoms with van der Waals surface area (Å²) in [4.78, 5) is 14.8. The number of nitrogens with zero attached hydrogens (tertiary/aromatic N) is 1. The van der Waals surface area contributed by atoms with E-state index in [-0.39, 0.29) is 5.91 Å². The molecule has 0 spiro atoms. The molecule has 1 rings (SSSR count). The molecule has 0 fully saturated rings. The van der Waals surface area contributed by atoms with Gasteiger partial charge in [0.2, 0.25) is 0 Å². The molecule has 2 N–H and O–H groups in total. The Kier molecular flexibility index (Phi) is 5.36. The average Bonchev–Trinajstić information content (AvgIpc) is 2.58. The molecule has 1 aromatic rings. The molecule has 0 aromatic carbocycles. The van der Waals surface area contributed by atoms with Crippen LogP contribution in [-0.2, 0) is 0 Å². The van der Waals surface area contributed by atoms with E-state index in [1.54, 1.807) is 4.90 Å². The van der Waals surface area contributed by atoms with Crippen molar-refractivity contribution in [2.45, 2.75) is 20.3 Å². The fourth-order valence-electron chi connectivity index (χ4n) is 1.43. The molecule has 17 heavy (non-hydrogen) atoms. The molecular weight excluding hydrogens is 276 g/mol. The molecule has 3 nitrogen and oxygen atoms in total. The predicted molar refractivity (Wildman–Crippen MR) is 77.0 cm³/mol. The molecule has 0 aliphatic heterocycles. The smallest absolute Gasteiger partial charge is 0.265 e. The third kappa shape index (κ3) is 3.66. The van der Waals surface area contributed by atoms with Crippen LogP contribution in [0.1, 0.15) is 28.6 Å². The van der Waals surface area contributed by atoms with Crippen LogP contribution in [0.5, 0.6) is 0 Å². The van der Waals surface area contributed by atoms with E-state index < -0.39 is 0 Å². The van der Waals surface area contributed by atoms with E-state index in [1.807, 2.05) is 19.2 Å². The summed E-state index contributed by atoms with van der Waals surface area (Å²) in [5.74, 6) is -0.0947. The lowest BCUT2D eigenvalue weighted by Gasteiger charge is -2.20. The Morgan fingerprint density at radius 1 is 1.65 bits per heavy atom. The molecule has 0 aliphatic carbocycles. The lowest BCUT2D eigenvalue weighted by Crippen LogP contribution is -2.38. The molecule has 0 aliphatic rings. The van der Waals surface area contributed by atoms with Gasteiger partial charge in [-0.3, -0.25) is 4.79 Å². The van der Waals surface area contributed by atoms with Gasteiger partial charge in [0.05, 0.1) is 16.6 Å². The first kappa shape index (κ1) is 14.4. The largest absolute Gasteiger partial charge is 0.392 e.